The second-order valence-electron chi connectivity index (χ2n) is 5.16. The Morgan fingerprint density at radius 3 is 2.65 bits per heavy atom. The van der Waals surface area contributed by atoms with E-state index in [-0.39, 0.29) is 26.9 Å². The van der Waals surface area contributed by atoms with E-state index in [0.29, 0.717) is 5.82 Å². The van der Waals surface area contributed by atoms with Crippen molar-refractivity contribution in [2.45, 2.75) is 11.8 Å². The van der Waals surface area contributed by atoms with Crippen molar-refractivity contribution in [1.29, 1.82) is 0 Å². The summed E-state index contributed by atoms with van der Waals surface area (Å²) in [6, 6.07) is 5.13. The van der Waals surface area contributed by atoms with Crippen LogP contribution in [0, 0.1) is 17.0 Å². The van der Waals surface area contributed by atoms with Crippen LogP contribution in [0.4, 0.5) is 11.4 Å². The molecule has 0 saturated carbocycles. The lowest BCUT2D eigenvalue weighted by Gasteiger charge is -2.10. The Kier molecular flexibility index (Phi) is 4.57. The van der Waals surface area contributed by atoms with Crippen molar-refractivity contribution in [3.63, 3.8) is 0 Å². The molecule has 10 nitrogen and oxygen atoms in total. The van der Waals surface area contributed by atoms with Crippen molar-refractivity contribution in [3.8, 4) is 5.82 Å². The smallest absolute Gasteiger partial charge is 0.275 e. The van der Waals surface area contributed by atoms with Crippen LogP contribution in [0.25, 0.3) is 5.82 Å². The second kappa shape index (κ2) is 6.69. The summed E-state index contributed by atoms with van der Waals surface area (Å²) >= 11 is 5.93. The van der Waals surface area contributed by atoms with Crippen LogP contribution in [-0.2, 0) is 10.0 Å². The van der Waals surface area contributed by atoms with Crippen molar-refractivity contribution in [1.82, 2.24) is 19.7 Å². The molecule has 0 unspecified atom stereocenters. The number of pyridine rings is 1. The first-order valence-corrected chi connectivity index (χ1v) is 8.92. The SMILES string of the molecule is Cc1c(Cl)cc(S(=O)(=O)Nc2ccc(-n3cncn3)nc2)cc1[N+](=O)[O-]. The molecular weight excluding hydrogens is 384 g/mol. The van der Waals surface area contributed by atoms with Gasteiger partial charge in [0.1, 0.15) is 12.7 Å². The maximum absolute atomic E-state index is 12.5. The molecule has 3 rings (SSSR count). The van der Waals surface area contributed by atoms with Gasteiger partial charge in [-0.2, -0.15) is 5.10 Å². The van der Waals surface area contributed by atoms with Crippen molar-refractivity contribution in [2.24, 2.45) is 0 Å². The van der Waals surface area contributed by atoms with Gasteiger partial charge in [0.2, 0.25) is 0 Å². The fourth-order valence-corrected chi connectivity index (χ4v) is 3.48. The predicted molar refractivity (Wildman–Crippen MR) is 92.8 cm³/mol. The molecule has 12 heteroatoms. The molecule has 134 valence electrons. The molecule has 2 heterocycles. The Morgan fingerprint density at radius 1 is 1.31 bits per heavy atom. The molecule has 0 aliphatic rings. The Bertz CT molecular complexity index is 1070. The molecule has 2 aromatic heterocycles. The molecule has 1 N–H and O–H groups in total. The molecule has 0 aliphatic heterocycles. The first-order valence-electron chi connectivity index (χ1n) is 7.06. The number of anilines is 1. The van der Waals surface area contributed by atoms with E-state index in [2.05, 4.69) is 19.8 Å². The second-order valence-corrected chi connectivity index (χ2v) is 7.25. The molecule has 0 aliphatic carbocycles. The predicted octanol–water partition coefficient (Wildman–Crippen LogP) is 2.33. The average molecular weight is 395 g/mol. The number of halogens is 1. The topological polar surface area (TPSA) is 133 Å². The summed E-state index contributed by atoms with van der Waals surface area (Å²) in [6.07, 6.45) is 4.07. The summed E-state index contributed by atoms with van der Waals surface area (Å²) < 4.78 is 28.7. The number of aromatic nitrogens is 4. The fraction of sp³-hybridized carbons (Fsp3) is 0.0714. The molecule has 0 amide bonds. The number of sulfonamides is 1. The number of benzene rings is 1. The van der Waals surface area contributed by atoms with E-state index in [4.69, 9.17) is 11.6 Å². The van der Waals surface area contributed by atoms with Crippen molar-refractivity contribution in [2.75, 3.05) is 4.72 Å². The molecule has 3 aromatic rings. The largest absolute Gasteiger partial charge is 0.278 e. The third-order valence-electron chi connectivity index (χ3n) is 3.45. The third-order valence-corrected chi connectivity index (χ3v) is 5.20. The highest BCUT2D eigenvalue weighted by Crippen LogP contribution is 2.30. The molecule has 26 heavy (non-hydrogen) atoms. The minimum Gasteiger partial charge on any atom is -0.278 e. The molecular formula is C14H11ClN6O4S. The van der Waals surface area contributed by atoms with Crippen molar-refractivity contribution < 1.29 is 13.3 Å². The normalized spacial score (nSPS) is 11.3. The van der Waals surface area contributed by atoms with Gasteiger partial charge in [0, 0.05) is 11.6 Å². The summed E-state index contributed by atoms with van der Waals surface area (Å²) in [7, 11) is -4.09. The van der Waals surface area contributed by atoms with Crippen LogP contribution in [0.3, 0.4) is 0 Å². The van der Waals surface area contributed by atoms with E-state index in [0.717, 1.165) is 12.1 Å². The van der Waals surface area contributed by atoms with E-state index in [1.165, 1.54) is 42.6 Å². The van der Waals surface area contributed by atoms with Gasteiger partial charge in [0.05, 0.1) is 26.7 Å². The number of hydrogen-bond donors (Lipinski definition) is 1. The van der Waals surface area contributed by atoms with Gasteiger partial charge in [0.25, 0.3) is 15.7 Å². The highest BCUT2D eigenvalue weighted by Gasteiger charge is 2.22. The number of nitrogens with zero attached hydrogens (tertiary/aromatic N) is 5. The summed E-state index contributed by atoms with van der Waals surface area (Å²) in [5.41, 5.74) is -0.0137. The Morgan fingerprint density at radius 2 is 2.08 bits per heavy atom. The molecule has 1 aromatic carbocycles. The van der Waals surface area contributed by atoms with Crippen molar-refractivity contribution in [3.05, 3.63) is 63.8 Å². The number of nitro groups is 1. The van der Waals surface area contributed by atoms with E-state index < -0.39 is 14.9 Å². The molecule has 0 radical (unpaired) electrons. The molecule has 0 atom stereocenters. The summed E-state index contributed by atoms with van der Waals surface area (Å²) in [4.78, 5) is 17.9. The van der Waals surface area contributed by atoms with E-state index in [1.807, 2.05) is 0 Å². The maximum atomic E-state index is 12.5. The monoisotopic (exact) mass is 394 g/mol. The van der Waals surface area contributed by atoms with Crippen molar-refractivity contribution >= 4 is 33.0 Å². The molecule has 0 spiro atoms. The van der Waals surface area contributed by atoms with Gasteiger partial charge in [0.15, 0.2) is 5.82 Å². The fourth-order valence-electron chi connectivity index (χ4n) is 2.11. The summed E-state index contributed by atoms with van der Waals surface area (Å²) in [5.74, 6) is 0.444. The standard InChI is InChI=1S/C14H11ClN6O4S/c1-9-12(15)4-11(5-13(9)21(22)23)26(24,25)19-10-2-3-14(17-6-10)20-8-16-7-18-20/h2-8,19H,1H3. The van der Waals surface area contributed by atoms with Crippen LogP contribution < -0.4 is 4.72 Å². The zero-order valence-corrected chi connectivity index (χ0v) is 14.8. The summed E-state index contributed by atoms with van der Waals surface area (Å²) in [5, 5.41) is 15.0. The minimum atomic E-state index is -4.09. The Hall–Kier alpha value is -3.05. The van der Waals surface area contributed by atoms with Gasteiger partial charge in [-0.25, -0.2) is 23.1 Å². The zero-order valence-electron chi connectivity index (χ0n) is 13.2. The highest BCUT2D eigenvalue weighted by molar-refractivity contribution is 7.92. The number of hydrogen-bond acceptors (Lipinski definition) is 7. The average Bonchev–Trinajstić information content (AvgIpc) is 3.11. The highest BCUT2D eigenvalue weighted by atomic mass is 35.5. The van der Waals surface area contributed by atoms with Crippen LogP contribution in [0.2, 0.25) is 5.02 Å². The third kappa shape index (κ3) is 3.48. The maximum Gasteiger partial charge on any atom is 0.275 e. The van der Waals surface area contributed by atoms with Gasteiger partial charge in [-0.05, 0) is 25.1 Å². The van der Waals surface area contributed by atoms with Crippen LogP contribution in [0.15, 0.2) is 48.0 Å². The van der Waals surface area contributed by atoms with Gasteiger partial charge in [-0.15, -0.1) is 0 Å². The molecule has 0 saturated heterocycles. The lowest BCUT2D eigenvalue weighted by atomic mass is 10.2. The Balaban J connectivity index is 1.91. The van der Waals surface area contributed by atoms with Gasteiger partial charge < -0.3 is 0 Å². The number of rotatable bonds is 5. The quantitative estimate of drug-likeness (QED) is 0.518. The van der Waals surface area contributed by atoms with Gasteiger partial charge in [-0.3, -0.25) is 14.8 Å². The van der Waals surface area contributed by atoms with E-state index in [9.17, 15) is 18.5 Å². The van der Waals surface area contributed by atoms with E-state index in [1.54, 1.807) is 0 Å². The molecule has 0 fully saturated rings. The number of nitro benzene ring substituents is 1. The first-order chi connectivity index (χ1) is 12.3. The lowest BCUT2D eigenvalue weighted by molar-refractivity contribution is -0.385. The van der Waals surface area contributed by atoms with Crippen LogP contribution in [0.5, 0.6) is 0 Å². The van der Waals surface area contributed by atoms with Gasteiger partial charge in [-0.1, -0.05) is 11.6 Å². The van der Waals surface area contributed by atoms with Crippen LogP contribution in [0.1, 0.15) is 5.56 Å². The van der Waals surface area contributed by atoms with Crippen LogP contribution >= 0.6 is 11.6 Å². The molecule has 0 bridgehead atoms. The zero-order chi connectivity index (χ0) is 18.9. The van der Waals surface area contributed by atoms with E-state index >= 15 is 0 Å². The number of nitrogens with one attached hydrogen (secondary N) is 1. The first kappa shape index (κ1) is 17.8. The minimum absolute atomic E-state index is 0.0146. The van der Waals surface area contributed by atoms with Crippen LogP contribution in [-0.4, -0.2) is 33.1 Å². The van der Waals surface area contributed by atoms with Gasteiger partial charge >= 0.3 is 0 Å². The summed E-state index contributed by atoms with van der Waals surface area (Å²) in [6.45, 7) is 1.44. The lowest BCUT2D eigenvalue weighted by Crippen LogP contribution is -2.14. The Labute approximate surface area is 152 Å².